The Morgan fingerprint density at radius 1 is 0.382 bits per heavy atom. The van der Waals surface area contributed by atoms with Crippen LogP contribution < -0.4 is 26.2 Å². The largest absolute Gasteiger partial charge is 0.311 e. The van der Waals surface area contributed by atoms with Gasteiger partial charge < -0.3 is 9.80 Å². The summed E-state index contributed by atoms with van der Waals surface area (Å²) in [7, 11) is 0. The zero-order chi connectivity index (χ0) is 53.1. The Labute approximate surface area is 454 Å². The summed E-state index contributed by atoms with van der Waals surface area (Å²) in [6.45, 7) is 28.7. The second-order valence-electron chi connectivity index (χ2n) is 25.8. The van der Waals surface area contributed by atoms with Gasteiger partial charge in [0.1, 0.15) is 0 Å². The van der Waals surface area contributed by atoms with Crippen molar-refractivity contribution in [1.82, 2.24) is 0 Å². The van der Waals surface area contributed by atoms with Crippen LogP contribution in [0.1, 0.15) is 134 Å². The third kappa shape index (κ3) is 8.16. The van der Waals surface area contributed by atoms with E-state index in [0.717, 1.165) is 18.5 Å². The van der Waals surface area contributed by atoms with Gasteiger partial charge >= 0.3 is 0 Å². The van der Waals surface area contributed by atoms with Crippen LogP contribution in [0.3, 0.4) is 0 Å². The van der Waals surface area contributed by atoms with Crippen LogP contribution in [0.5, 0.6) is 0 Å². The Morgan fingerprint density at radius 3 is 1.43 bits per heavy atom. The van der Waals surface area contributed by atoms with Crippen molar-refractivity contribution in [1.29, 1.82) is 0 Å². The lowest BCUT2D eigenvalue weighted by Gasteiger charge is -2.48. The van der Waals surface area contributed by atoms with Crippen molar-refractivity contribution >= 4 is 57.2 Å². The molecule has 0 saturated carbocycles. The molecule has 12 rings (SSSR count). The molecule has 0 fully saturated rings. The molecule has 9 aromatic carbocycles. The highest BCUT2D eigenvalue weighted by molar-refractivity contribution is 7.00. The van der Waals surface area contributed by atoms with Gasteiger partial charge in [-0.1, -0.05) is 228 Å². The van der Waals surface area contributed by atoms with E-state index in [1.807, 2.05) is 0 Å². The predicted molar refractivity (Wildman–Crippen MR) is 327 cm³/mol. The van der Waals surface area contributed by atoms with Crippen molar-refractivity contribution in [2.24, 2.45) is 0 Å². The van der Waals surface area contributed by atoms with E-state index >= 15 is 0 Å². The Balaban J connectivity index is 1.15. The maximum atomic E-state index is 2.69. The molecule has 3 heteroatoms. The summed E-state index contributed by atoms with van der Waals surface area (Å²) < 4.78 is 0. The lowest BCUT2D eigenvalue weighted by Crippen LogP contribution is -2.62. The highest BCUT2D eigenvalue weighted by atomic mass is 15.2. The first-order valence-electron chi connectivity index (χ1n) is 27.8. The minimum Gasteiger partial charge on any atom is -0.311 e. The van der Waals surface area contributed by atoms with Crippen LogP contribution in [0.2, 0.25) is 0 Å². The van der Waals surface area contributed by atoms with E-state index in [1.165, 1.54) is 112 Å². The van der Waals surface area contributed by atoms with Gasteiger partial charge in [-0.15, -0.1) is 0 Å². The van der Waals surface area contributed by atoms with E-state index in [9.17, 15) is 0 Å². The Hall–Kier alpha value is -7.36. The molecule has 0 bridgehead atoms. The van der Waals surface area contributed by atoms with Gasteiger partial charge in [0.25, 0.3) is 6.71 Å². The fourth-order valence-electron chi connectivity index (χ4n) is 13.1. The van der Waals surface area contributed by atoms with Gasteiger partial charge in [0, 0.05) is 44.8 Å². The molecule has 0 amide bonds. The lowest BCUT2D eigenvalue weighted by molar-refractivity contribution is 0.332. The van der Waals surface area contributed by atoms with E-state index in [1.54, 1.807) is 0 Å². The molecular formula is C73H73BN2. The van der Waals surface area contributed by atoms with Crippen molar-refractivity contribution in [3.05, 3.63) is 245 Å². The number of anilines is 6. The molecule has 3 aliphatic rings. The van der Waals surface area contributed by atoms with Crippen molar-refractivity contribution in [2.45, 2.75) is 123 Å². The van der Waals surface area contributed by atoms with Gasteiger partial charge in [-0.05, 0) is 162 Å². The molecule has 2 aliphatic heterocycles. The summed E-state index contributed by atoms with van der Waals surface area (Å²) in [4.78, 5) is 5.28. The quantitative estimate of drug-likeness (QED) is 0.140. The third-order valence-electron chi connectivity index (χ3n) is 18.1. The van der Waals surface area contributed by atoms with Gasteiger partial charge in [-0.25, -0.2) is 0 Å². The molecule has 0 radical (unpaired) electrons. The van der Waals surface area contributed by atoms with E-state index in [2.05, 4.69) is 293 Å². The van der Waals surface area contributed by atoms with Gasteiger partial charge in [0.15, 0.2) is 0 Å². The normalized spacial score (nSPS) is 15.4. The molecule has 0 aromatic heterocycles. The molecule has 0 atom stereocenters. The SMILES string of the molecule is Cc1cc2c3c(c1)N(c1ccc(C(C)(C)C)cc1-c1ccc(-c4ccccc4)cc1)c1cc4c(cc1B3c1cc(C(C)(C)c3ccccc3)ccc1N2c1ccc(C(C)(C)c2ccccc2)cc1)C(C)(C)CCC4(C)C. The maximum absolute atomic E-state index is 2.69. The van der Waals surface area contributed by atoms with Crippen molar-refractivity contribution in [3.63, 3.8) is 0 Å². The average molecular weight is 989 g/mol. The fourth-order valence-corrected chi connectivity index (χ4v) is 13.1. The van der Waals surface area contributed by atoms with Crippen LogP contribution in [0.25, 0.3) is 22.3 Å². The number of benzene rings is 9. The molecule has 2 nitrogen and oxygen atoms in total. The standard InChI is InChI=1S/C73H73BN2/c1-48-42-66-68-67(43-48)76(63-38-34-55(69(2,3)4)44-58(63)51-30-28-50(29-31-51)49-22-16-13-17-23-49)65-47-60-59(70(5,6)40-41-71(60,7)8)46-62(65)74(68)61-45-56(73(11,12)53-26-20-15-21-27-53)35-39-64(61)75(66)57-36-32-54(33-37-57)72(9,10)52-24-18-14-19-25-52/h13-39,42-47H,40-41H2,1-12H3. The second-order valence-corrected chi connectivity index (χ2v) is 25.8. The van der Waals surface area contributed by atoms with Crippen LogP contribution in [0.4, 0.5) is 34.1 Å². The number of fused-ring (bicyclic) bond motifs is 5. The molecule has 378 valence electrons. The predicted octanol–water partition coefficient (Wildman–Crippen LogP) is 17.7. The Kier molecular flexibility index (Phi) is 11.6. The van der Waals surface area contributed by atoms with E-state index < -0.39 is 0 Å². The van der Waals surface area contributed by atoms with E-state index in [4.69, 9.17) is 0 Å². The summed E-state index contributed by atoms with van der Waals surface area (Å²) >= 11 is 0. The highest BCUT2D eigenvalue weighted by Gasteiger charge is 2.47. The number of nitrogens with zero attached hydrogens (tertiary/aromatic N) is 2. The topological polar surface area (TPSA) is 6.48 Å². The van der Waals surface area contributed by atoms with Gasteiger partial charge in [-0.3, -0.25) is 0 Å². The molecule has 0 N–H and O–H groups in total. The van der Waals surface area contributed by atoms with Crippen LogP contribution in [0.15, 0.2) is 200 Å². The molecule has 9 aromatic rings. The van der Waals surface area contributed by atoms with Crippen LogP contribution >= 0.6 is 0 Å². The first kappa shape index (κ1) is 49.5. The van der Waals surface area contributed by atoms with Crippen molar-refractivity contribution in [3.8, 4) is 22.3 Å². The van der Waals surface area contributed by atoms with Crippen molar-refractivity contribution in [2.75, 3.05) is 9.80 Å². The zero-order valence-corrected chi connectivity index (χ0v) is 46.9. The molecule has 0 saturated heterocycles. The lowest BCUT2D eigenvalue weighted by atomic mass is 9.33. The minimum absolute atomic E-state index is 0.00513. The third-order valence-corrected chi connectivity index (χ3v) is 18.1. The van der Waals surface area contributed by atoms with E-state index in [-0.39, 0.29) is 33.8 Å². The smallest absolute Gasteiger partial charge is 0.252 e. The Bertz CT molecular complexity index is 3670. The number of hydrogen-bond acceptors (Lipinski definition) is 2. The maximum Gasteiger partial charge on any atom is 0.252 e. The monoisotopic (exact) mass is 989 g/mol. The van der Waals surface area contributed by atoms with Gasteiger partial charge in [-0.2, -0.15) is 0 Å². The molecular weight excluding hydrogens is 916 g/mol. The van der Waals surface area contributed by atoms with Crippen LogP contribution in [-0.4, -0.2) is 6.71 Å². The zero-order valence-electron chi connectivity index (χ0n) is 46.9. The molecule has 1 aliphatic carbocycles. The second kappa shape index (κ2) is 17.9. The fraction of sp³-hybridized carbons (Fsp3) is 0.260. The summed E-state index contributed by atoms with van der Waals surface area (Å²) in [5, 5.41) is 0. The summed E-state index contributed by atoms with van der Waals surface area (Å²) in [6, 6.07) is 76.7. The summed E-state index contributed by atoms with van der Waals surface area (Å²) in [6.07, 6.45) is 2.29. The van der Waals surface area contributed by atoms with Crippen LogP contribution in [-0.2, 0) is 27.1 Å². The first-order chi connectivity index (χ1) is 36.2. The van der Waals surface area contributed by atoms with Gasteiger partial charge in [0.05, 0.1) is 5.69 Å². The van der Waals surface area contributed by atoms with Crippen molar-refractivity contribution < 1.29 is 0 Å². The molecule has 0 spiro atoms. The number of rotatable bonds is 8. The highest BCUT2D eigenvalue weighted by Crippen LogP contribution is 2.52. The molecule has 2 heterocycles. The Morgan fingerprint density at radius 2 is 0.842 bits per heavy atom. The number of hydrogen-bond donors (Lipinski definition) is 0. The summed E-state index contributed by atoms with van der Waals surface area (Å²) in [5.74, 6) is 0. The summed E-state index contributed by atoms with van der Waals surface area (Å²) in [5.41, 5.74) is 26.6. The molecule has 0 unspecified atom stereocenters. The minimum atomic E-state index is -0.243. The average Bonchev–Trinajstić information content (AvgIpc) is 3.54. The van der Waals surface area contributed by atoms with Crippen LogP contribution in [0, 0.1) is 6.92 Å². The van der Waals surface area contributed by atoms with Gasteiger partial charge in [0.2, 0.25) is 0 Å². The van der Waals surface area contributed by atoms with E-state index in [0.29, 0.717) is 0 Å². The number of aryl methyl sites for hydroxylation is 1. The molecule has 76 heavy (non-hydrogen) atoms. The first-order valence-corrected chi connectivity index (χ1v) is 27.8.